The Morgan fingerprint density at radius 2 is 1.86 bits per heavy atom. The molecule has 2 aliphatic rings. The first-order valence-corrected chi connectivity index (χ1v) is 9.67. The molecule has 29 heavy (non-hydrogen) atoms. The van der Waals surface area contributed by atoms with Crippen LogP contribution in [-0.4, -0.2) is 60.6 Å². The van der Waals surface area contributed by atoms with Gasteiger partial charge in [-0.15, -0.1) is 11.3 Å². The molecule has 3 heterocycles. The number of nitrogens with zero attached hydrogens (tertiary/aromatic N) is 3. The van der Waals surface area contributed by atoms with Crippen LogP contribution in [0.4, 0.5) is 23.0 Å². The van der Waals surface area contributed by atoms with Gasteiger partial charge in [0.25, 0.3) is 0 Å². The third kappa shape index (κ3) is 5.08. The van der Waals surface area contributed by atoms with Crippen molar-refractivity contribution in [3.05, 3.63) is 22.6 Å². The summed E-state index contributed by atoms with van der Waals surface area (Å²) < 4.78 is 44.2. The first-order chi connectivity index (χ1) is 13.4. The van der Waals surface area contributed by atoms with Gasteiger partial charge < -0.3 is 19.4 Å². The highest BCUT2D eigenvalue weighted by molar-refractivity contribution is 7.17. The summed E-state index contributed by atoms with van der Waals surface area (Å²) in [6, 6.07) is 3.40. The monoisotopic (exact) mass is 431 g/mol. The zero-order chi connectivity index (χ0) is 21.4. The molecule has 0 aromatic carbocycles. The van der Waals surface area contributed by atoms with Gasteiger partial charge in [0.1, 0.15) is 5.60 Å². The van der Waals surface area contributed by atoms with E-state index in [4.69, 9.17) is 4.74 Å². The Labute approximate surface area is 169 Å². The Morgan fingerprint density at radius 1 is 1.21 bits per heavy atom. The summed E-state index contributed by atoms with van der Waals surface area (Å²) in [4.78, 5) is 32.0. The Morgan fingerprint density at radius 3 is 2.45 bits per heavy atom. The van der Waals surface area contributed by atoms with Gasteiger partial charge in [0, 0.05) is 31.1 Å². The summed E-state index contributed by atoms with van der Waals surface area (Å²) in [7, 11) is 0. The minimum absolute atomic E-state index is 0.368. The van der Waals surface area contributed by atoms with Crippen molar-refractivity contribution in [3.8, 4) is 0 Å². The minimum atomic E-state index is -4.77. The van der Waals surface area contributed by atoms with Crippen molar-refractivity contribution in [3.63, 3.8) is 0 Å². The second-order valence-electron chi connectivity index (χ2n) is 7.50. The maximum Gasteiger partial charge on any atom is 0.437 e. The molecule has 0 saturated carbocycles. The standard InChI is InChI=1S/C18H20F3N3O4S/c1-17(2,3)27-16(26)24-8-6-23(7-9-24)13-5-4-11(29-13)10-12-14(18(19,20)21)22-28-15(12)25/h4-5,10H,6-9H2,1-3H3/b12-10-. The molecule has 1 aromatic heterocycles. The second-order valence-corrected chi connectivity index (χ2v) is 8.60. The number of amides is 1. The lowest BCUT2D eigenvalue weighted by Crippen LogP contribution is -2.49. The van der Waals surface area contributed by atoms with E-state index in [2.05, 4.69) is 9.99 Å². The van der Waals surface area contributed by atoms with Gasteiger partial charge in [-0.3, -0.25) is 0 Å². The van der Waals surface area contributed by atoms with Gasteiger partial charge in [-0.1, -0.05) is 5.16 Å². The quantitative estimate of drug-likeness (QED) is 0.528. The summed E-state index contributed by atoms with van der Waals surface area (Å²) in [6.07, 6.45) is -4.00. The first kappa shape index (κ1) is 21.2. The molecule has 0 bridgehead atoms. The van der Waals surface area contributed by atoms with Crippen molar-refractivity contribution in [2.24, 2.45) is 5.16 Å². The van der Waals surface area contributed by atoms with E-state index in [0.29, 0.717) is 31.1 Å². The van der Waals surface area contributed by atoms with Crippen LogP contribution in [0.2, 0.25) is 0 Å². The number of alkyl halides is 3. The Balaban J connectivity index is 1.65. The molecule has 3 rings (SSSR count). The van der Waals surface area contributed by atoms with Crippen LogP contribution in [0.25, 0.3) is 6.08 Å². The number of halogens is 3. The number of piperazine rings is 1. The van der Waals surface area contributed by atoms with Gasteiger partial charge in [-0.25, -0.2) is 9.59 Å². The third-order valence-electron chi connectivity index (χ3n) is 4.11. The predicted molar refractivity (Wildman–Crippen MR) is 102 cm³/mol. The number of oxime groups is 1. The van der Waals surface area contributed by atoms with Crippen LogP contribution in [0.1, 0.15) is 25.6 Å². The zero-order valence-corrected chi connectivity index (χ0v) is 16.9. The van der Waals surface area contributed by atoms with Gasteiger partial charge in [-0.05, 0) is 39.0 Å². The number of ether oxygens (including phenoxy) is 1. The maximum absolute atomic E-state index is 12.9. The molecule has 1 fully saturated rings. The summed E-state index contributed by atoms with van der Waals surface area (Å²) in [5.41, 5.74) is -2.51. The molecule has 0 aliphatic carbocycles. The van der Waals surface area contributed by atoms with Gasteiger partial charge in [0.2, 0.25) is 0 Å². The average Bonchev–Trinajstić information content (AvgIpc) is 3.21. The molecule has 2 aliphatic heterocycles. The maximum atomic E-state index is 12.9. The summed E-state index contributed by atoms with van der Waals surface area (Å²) in [6.45, 7) is 7.48. The van der Waals surface area contributed by atoms with E-state index in [1.807, 2.05) is 4.90 Å². The number of carbonyl (C=O) groups excluding carboxylic acids is 2. The molecule has 1 aromatic rings. The van der Waals surface area contributed by atoms with E-state index >= 15 is 0 Å². The molecule has 1 saturated heterocycles. The Hall–Kier alpha value is -2.56. The number of hydrogen-bond donors (Lipinski definition) is 0. The third-order valence-corrected chi connectivity index (χ3v) is 5.20. The number of rotatable bonds is 2. The molecule has 1 amide bonds. The van der Waals surface area contributed by atoms with Crippen LogP contribution in [0.3, 0.4) is 0 Å². The first-order valence-electron chi connectivity index (χ1n) is 8.85. The predicted octanol–water partition coefficient (Wildman–Crippen LogP) is 3.66. The van der Waals surface area contributed by atoms with Crippen LogP contribution in [0, 0.1) is 0 Å². The van der Waals surface area contributed by atoms with Crippen molar-refractivity contribution in [2.75, 3.05) is 31.1 Å². The van der Waals surface area contributed by atoms with Crippen LogP contribution >= 0.6 is 11.3 Å². The van der Waals surface area contributed by atoms with Gasteiger partial charge >= 0.3 is 18.2 Å². The molecule has 0 atom stereocenters. The van der Waals surface area contributed by atoms with Crippen molar-refractivity contribution in [2.45, 2.75) is 32.5 Å². The number of carbonyl (C=O) groups is 2. The van der Waals surface area contributed by atoms with E-state index in [1.165, 1.54) is 11.3 Å². The van der Waals surface area contributed by atoms with E-state index in [1.54, 1.807) is 37.8 Å². The molecular formula is C18H20F3N3O4S. The molecular weight excluding hydrogens is 411 g/mol. The molecule has 158 valence electrons. The van der Waals surface area contributed by atoms with Crippen LogP contribution in [-0.2, 0) is 14.4 Å². The minimum Gasteiger partial charge on any atom is -0.444 e. The highest BCUT2D eigenvalue weighted by Gasteiger charge is 2.45. The molecule has 0 spiro atoms. The van der Waals surface area contributed by atoms with Gasteiger partial charge in [0.05, 0.1) is 10.6 Å². The fourth-order valence-electron chi connectivity index (χ4n) is 2.78. The van der Waals surface area contributed by atoms with Crippen molar-refractivity contribution in [1.29, 1.82) is 0 Å². The highest BCUT2D eigenvalue weighted by atomic mass is 32.1. The lowest BCUT2D eigenvalue weighted by atomic mass is 10.1. The van der Waals surface area contributed by atoms with Crippen molar-refractivity contribution < 1.29 is 32.3 Å². The van der Waals surface area contributed by atoms with E-state index in [0.717, 1.165) is 11.1 Å². The molecule has 0 unspecified atom stereocenters. The lowest BCUT2D eigenvalue weighted by Gasteiger charge is -2.36. The number of thiophene rings is 1. The summed E-state index contributed by atoms with van der Waals surface area (Å²) in [5, 5.41) is 3.66. The lowest BCUT2D eigenvalue weighted by molar-refractivity contribution is -0.136. The fraction of sp³-hybridized carbons (Fsp3) is 0.500. The van der Waals surface area contributed by atoms with E-state index in [9.17, 15) is 22.8 Å². The van der Waals surface area contributed by atoms with E-state index < -0.39 is 29.0 Å². The van der Waals surface area contributed by atoms with Crippen LogP contribution in [0.5, 0.6) is 0 Å². The second kappa shape index (κ2) is 7.69. The highest BCUT2D eigenvalue weighted by Crippen LogP contribution is 2.32. The van der Waals surface area contributed by atoms with Crippen LogP contribution < -0.4 is 4.90 Å². The largest absolute Gasteiger partial charge is 0.444 e. The molecule has 11 heteroatoms. The SMILES string of the molecule is CC(C)(C)OC(=O)N1CCN(c2ccc(/C=C3\C(=O)ON=C3C(F)(F)F)s2)CC1. The van der Waals surface area contributed by atoms with Crippen molar-refractivity contribution >= 4 is 40.2 Å². The van der Waals surface area contributed by atoms with Crippen LogP contribution in [0.15, 0.2) is 22.9 Å². The van der Waals surface area contributed by atoms with Gasteiger partial charge in [-0.2, -0.15) is 13.2 Å². The molecule has 0 N–H and O–H groups in total. The number of hydrogen-bond acceptors (Lipinski definition) is 7. The van der Waals surface area contributed by atoms with Crippen molar-refractivity contribution in [1.82, 2.24) is 4.90 Å². The number of anilines is 1. The Bertz CT molecular complexity index is 862. The molecule has 7 nitrogen and oxygen atoms in total. The average molecular weight is 431 g/mol. The normalized spacial score (nSPS) is 19.4. The van der Waals surface area contributed by atoms with E-state index in [-0.39, 0.29) is 6.09 Å². The fourth-order valence-corrected chi connectivity index (χ4v) is 3.78. The topological polar surface area (TPSA) is 71.4 Å². The summed E-state index contributed by atoms with van der Waals surface area (Å²) >= 11 is 1.25. The smallest absolute Gasteiger partial charge is 0.437 e. The zero-order valence-electron chi connectivity index (χ0n) is 16.1. The Kier molecular flexibility index (Phi) is 5.61. The summed E-state index contributed by atoms with van der Waals surface area (Å²) in [5.74, 6) is -1.13. The molecule has 0 radical (unpaired) electrons. The van der Waals surface area contributed by atoms with Gasteiger partial charge in [0.15, 0.2) is 5.71 Å².